The van der Waals surface area contributed by atoms with Crippen molar-refractivity contribution in [3.63, 3.8) is 0 Å². The Bertz CT molecular complexity index is 659. The molecule has 1 aliphatic heterocycles. The first kappa shape index (κ1) is 10.2. The van der Waals surface area contributed by atoms with E-state index in [1.807, 2.05) is 0 Å². The van der Waals surface area contributed by atoms with E-state index in [0.29, 0.717) is 22.6 Å². The van der Waals surface area contributed by atoms with E-state index in [0.717, 1.165) is 11.4 Å². The topological polar surface area (TPSA) is 68.8 Å². The quantitative estimate of drug-likeness (QED) is 0.646. The smallest absolute Gasteiger partial charge is 0.152 e. The van der Waals surface area contributed by atoms with Crippen LogP contribution in [-0.4, -0.2) is 0 Å². The fourth-order valence-corrected chi connectivity index (χ4v) is 1.83. The molecule has 0 unspecified atom stereocenters. The molecule has 18 heavy (non-hydrogen) atoms. The van der Waals surface area contributed by atoms with Crippen LogP contribution in [0.3, 0.4) is 0 Å². The van der Waals surface area contributed by atoms with Gasteiger partial charge in [0.15, 0.2) is 11.5 Å². The number of anilines is 2. The summed E-state index contributed by atoms with van der Waals surface area (Å²) in [6.07, 6.45) is 0. The van der Waals surface area contributed by atoms with Gasteiger partial charge < -0.3 is 10.1 Å². The van der Waals surface area contributed by atoms with Gasteiger partial charge in [0.05, 0.1) is 34.6 Å². The molecule has 84 valence electrons. The highest BCUT2D eigenvalue weighted by Crippen LogP contribution is 2.42. The fourth-order valence-electron chi connectivity index (χ4n) is 1.83. The second-order valence-corrected chi connectivity index (χ2v) is 3.87. The van der Waals surface area contributed by atoms with Crippen LogP contribution in [-0.2, 0) is 0 Å². The standard InChI is InChI=1S/C14H7N3O/c15-7-9-2-4-13-12(5-9)17-11-3-1-10(8-16)6-14(11)18-13/h1-6,17H. The van der Waals surface area contributed by atoms with Crippen molar-refractivity contribution in [1.29, 1.82) is 10.5 Å². The summed E-state index contributed by atoms with van der Waals surface area (Å²) in [6.45, 7) is 0. The zero-order valence-electron chi connectivity index (χ0n) is 9.27. The van der Waals surface area contributed by atoms with Gasteiger partial charge in [-0.25, -0.2) is 0 Å². The minimum Gasteiger partial charge on any atom is -0.453 e. The summed E-state index contributed by atoms with van der Waals surface area (Å²) < 4.78 is 5.70. The van der Waals surface area contributed by atoms with Gasteiger partial charge in [0.1, 0.15) is 0 Å². The van der Waals surface area contributed by atoms with Gasteiger partial charge in [-0.1, -0.05) is 0 Å². The third-order valence-electron chi connectivity index (χ3n) is 2.71. The zero-order chi connectivity index (χ0) is 12.5. The molecule has 0 aliphatic carbocycles. The Kier molecular flexibility index (Phi) is 2.15. The third kappa shape index (κ3) is 1.53. The van der Waals surface area contributed by atoms with E-state index in [9.17, 15) is 0 Å². The normalized spacial score (nSPS) is 11.0. The summed E-state index contributed by atoms with van der Waals surface area (Å²) in [4.78, 5) is 0. The first-order valence-electron chi connectivity index (χ1n) is 5.33. The lowest BCUT2D eigenvalue weighted by atomic mass is 10.1. The van der Waals surface area contributed by atoms with Crippen LogP contribution in [0.4, 0.5) is 11.4 Å². The maximum absolute atomic E-state index is 8.85. The van der Waals surface area contributed by atoms with E-state index in [-0.39, 0.29) is 0 Å². The molecular formula is C14H7N3O. The van der Waals surface area contributed by atoms with Crippen LogP contribution in [0.15, 0.2) is 36.4 Å². The summed E-state index contributed by atoms with van der Waals surface area (Å²) in [7, 11) is 0. The minimum atomic E-state index is 0.549. The van der Waals surface area contributed by atoms with Crippen LogP contribution in [0.2, 0.25) is 0 Å². The summed E-state index contributed by atoms with van der Waals surface area (Å²) in [5, 5.41) is 20.9. The molecule has 2 aromatic rings. The van der Waals surface area contributed by atoms with Gasteiger partial charge >= 0.3 is 0 Å². The molecule has 3 rings (SSSR count). The highest BCUT2D eigenvalue weighted by Gasteiger charge is 2.17. The Morgan fingerprint density at radius 3 is 2.33 bits per heavy atom. The molecule has 2 aromatic carbocycles. The fraction of sp³-hybridized carbons (Fsp3) is 0. The molecule has 0 amide bonds. The Labute approximate surface area is 104 Å². The van der Waals surface area contributed by atoms with Gasteiger partial charge in [-0.2, -0.15) is 10.5 Å². The molecular weight excluding hydrogens is 226 g/mol. The Hall–Kier alpha value is -2.98. The average molecular weight is 233 g/mol. The number of hydrogen-bond acceptors (Lipinski definition) is 4. The second-order valence-electron chi connectivity index (χ2n) is 3.87. The van der Waals surface area contributed by atoms with Gasteiger partial charge in [-0.15, -0.1) is 0 Å². The predicted molar refractivity (Wildman–Crippen MR) is 65.7 cm³/mol. The van der Waals surface area contributed by atoms with Crippen molar-refractivity contribution >= 4 is 11.4 Å². The SMILES string of the molecule is N#Cc1ccc2c(c1)Nc1ccc(C#N)cc1O2. The second kappa shape index (κ2) is 3.80. The van der Waals surface area contributed by atoms with Gasteiger partial charge in [0.25, 0.3) is 0 Å². The number of nitriles is 2. The summed E-state index contributed by atoms with van der Waals surface area (Å²) in [5.41, 5.74) is 2.66. The molecule has 0 radical (unpaired) electrons. The first-order chi connectivity index (χ1) is 8.80. The summed E-state index contributed by atoms with van der Waals surface area (Å²) in [5.74, 6) is 1.27. The van der Waals surface area contributed by atoms with E-state index >= 15 is 0 Å². The monoisotopic (exact) mass is 233 g/mol. The Morgan fingerprint density at radius 2 is 1.56 bits per heavy atom. The zero-order valence-corrected chi connectivity index (χ0v) is 9.27. The van der Waals surface area contributed by atoms with E-state index in [1.54, 1.807) is 36.4 Å². The summed E-state index contributed by atoms with van der Waals surface area (Å²) in [6, 6.07) is 14.5. The molecule has 0 aromatic heterocycles. The van der Waals surface area contributed by atoms with E-state index < -0.39 is 0 Å². The van der Waals surface area contributed by atoms with Crippen molar-refractivity contribution in [1.82, 2.24) is 0 Å². The minimum absolute atomic E-state index is 0.549. The lowest BCUT2D eigenvalue weighted by Gasteiger charge is -2.21. The molecule has 0 saturated carbocycles. The van der Waals surface area contributed by atoms with Crippen molar-refractivity contribution in [2.75, 3.05) is 5.32 Å². The van der Waals surface area contributed by atoms with Crippen molar-refractivity contribution in [2.24, 2.45) is 0 Å². The van der Waals surface area contributed by atoms with Gasteiger partial charge in [-0.05, 0) is 30.3 Å². The van der Waals surface area contributed by atoms with Gasteiger partial charge in [0, 0.05) is 6.07 Å². The first-order valence-corrected chi connectivity index (χ1v) is 5.33. The Morgan fingerprint density at radius 1 is 0.833 bits per heavy atom. The summed E-state index contributed by atoms with van der Waals surface area (Å²) >= 11 is 0. The number of fused-ring (bicyclic) bond motifs is 2. The van der Waals surface area contributed by atoms with Crippen molar-refractivity contribution in [3.8, 4) is 23.6 Å². The maximum Gasteiger partial charge on any atom is 0.152 e. The molecule has 4 nitrogen and oxygen atoms in total. The molecule has 1 aliphatic rings. The van der Waals surface area contributed by atoms with Gasteiger partial charge in [0.2, 0.25) is 0 Å². The van der Waals surface area contributed by atoms with Crippen molar-refractivity contribution in [2.45, 2.75) is 0 Å². The molecule has 0 atom stereocenters. The van der Waals surface area contributed by atoms with Crippen LogP contribution >= 0.6 is 0 Å². The largest absolute Gasteiger partial charge is 0.453 e. The number of hydrogen-bond donors (Lipinski definition) is 1. The molecule has 4 heteroatoms. The van der Waals surface area contributed by atoms with Crippen molar-refractivity contribution < 1.29 is 4.74 Å². The molecule has 0 spiro atoms. The van der Waals surface area contributed by atoms with Crippen molar-refractivity contribution in [3.05, 3.63) is 47.5 Å². The number of ether oxygens (including phenoxy) is 1. The highest BCUT2D eigenvalue weighted by molar-refractivity contribution is 5.77. The van der Waals surface area contributed by atoms with Crippen LogP contribution in [0.1, 0.15) is 11.1 Å². The molecule has 0 bridgehead atoms. The van der Waals surface area contributed by atoms with Crippen LogP contribution in [0, 0.1) is 22.7 Å². The average Bonchev–Trinajstić information content (AvgIpc) is 2.43. The van der Waals surface area contributed by atoms with Crippen LogP contribution in [0.25, 0.3) is 0 Å². The Balaban J connectivity index is 2.07. The van der Waals surface area contributed by atoms with E-state index in [1.165, 1.54) is 0 Å². The number of nitrogens with one attached hydrogen (secondary N) is 1. The maximum atomic E-state index is 8.85. The van der Waals surface area contributed by atoms with Crippen LogP contribution in [0.5, 0.6) is 11.5 Å². The molecule has 0 saturated heterocycles. The third-order valence-corrected chi connectivity index (χ3v) is 2.71. The van der Waals surface area contributed by atoms with E-state index in [2.05, 4.69) is 17.5 Å². The molecule has 1 heterocycles. The molecule has 0 fully saturated rings. The molecule has 1 N–H and O–H groups in total. The lowest BCUT2D eigenvalue weighted by molar-refractivity contribution is 0.481. The predicted octanol–water partition coefficient (Wildman–Crippen LogP) is 3.28. The number of benzene rings is 2. The van der Waals surface area contributed by atoms with Crippen LogP contribution < -0.4 is 10.1 Å². The van der Waals surface area contributed by atoms with Gasteiger partial charge in [-0.3, -0.25) is 0 Å². The number of nitrogens with zero attached hydrogens (tertiary/aromatic N) is 2. The lowest BCUT2D eigenvalue weighted by Crippen LogP contribution is -2.03. The van der Waals surface area contributed by atoms with E-state index in [4.69, 9.17) is 15.3 Å². The highest BCUT2D eigenvalue weighted by atomic mass is 16.5. The number of rotatable bonds is 0.